The quantitative estimate of drug-likeness (QED) is 0.575. The molecule has 1 aliphatic rings. The molecule has 1 heterocycles. The van der Waals surface area contributed by atoms with Gasteiger partial charge in [-0.1, -0.05) is 12.2 Å². The van der Waals surface area contributed by atoms with E-state index in [1.807, 2.05) is 17.2 Å². The van der Waals surface area contributed by atoms with Crippen LogP contribution in [0.1, 0.15) is 12.8 Å². The number of nitrogens with one attached hydrogen (secondary N) is 1. The lowest BCUT2D eigenvalue weighted by Crippen LogP contribution is -2.26. The molecule has 0 aliphatic carbocycles. The molecule has 54 valence electrons. The van der Waals surface area contributed by atoms with E-state index in [-0.39, 0.29) is 0 Å². The van der Waals surface area contributed by atoms with Gasteiger partial charge in [-0.3, -0.25) is 5.41 Å². The van der Waals surface area contributed by atoms with Crippen LogP contribution in [0.4, 0.5) is 0 Å². The van der Waals surface area contributed by atoms with Gasteiger partial charge in [0.05, 0.1) is 0 Å². The SMILES string of the molecule is C=CCN1C=CCCC1=N. The summed E-state index contributed by atoms with van der Waals surface area (Å²) in [6.45, 7) is 4.38. The van der Waals surface area contributed by atoms with Crippen molar-refractivity contribution in [1.82, 2.24) is 4.90 Å². The topological polar surface area (TPSA) is 27.1 Å². The maximum Gasteiger partial charge on any atom is 0.100 e. The zero-order valence-corrected chi connectivity index (χ0v) is 6.01. The second-order valence-electron chi connectivity index (χ2n) is 2.31. The molecule has 1 aliphatic heterocycles. The fraction of sp³-hybridized carbons (Fsp3) is 0.375. The lowest BCUT2D eigenvalue weighted by Gasteiger charge is -2.22. The summed E-state index contributed by atoms with van der Waals surface area (Å²) in [6, 6.07) is 0. The van der Waals surface area contributed by atoms with E-state index in [0.29, 0.717) is 5.84 Å². The molecule has 1 N–H and O–H groups in total. The first-order valence-corrected chi connectivity index (χ1v) is 3.46. The minimum Gasteiger partial charge on any atom is -0.333 e. The van der Waals surface area contributed by atoms with E-state index in [4.69, 9.17) is 5.41 Å². The Bertz CT molecular complexity index is 170. The lowest BCUT2D eigenvalue weighted by molar-refractivity contribution is 0.581. The molecule has 10 heavy (non-hydrogen) atoms. The number of hydrogen-bond donors (Lipinski definition) is 1. The maximum atomic E-state index is 7.48. The molecule has 0 aromatic heterocycles. The monoisotopic (exact) mass is 136 g/mol. The molecule has 1 rings (SSSR count). The van der Waals surface area contributed by atoms with Crippen LogP contribution in [0.5, 0.6) is 0 Å². The largest absolute Gasteiger partial charge is 0.333 e. The molecule has 0 atom stereocenters. The summed E-state index contributed by atoms with van der Waals surface area (Å²) in [5.74, 6) is 0.697. The van der Waals surface area contributed by atoms with Gasteiger partial charge in [-0.15, -0.1) is 6.58 Å². The molecule has 0 radical (unpaired) electrons. The highest BCUT2D eigenvalue weighted by Gasteiger charge is 2.06. The first-order valence-electron chi connectivity index (χ1n) is 3.46. The second-order valence-corrected chi connectivity index (χ2v) is 2.31. The zero-order chi connectivity index (χ0) is 7.40. The minimum absolute atomic E-state index is 0.697. The van der Waals surface area contributed by atoms with E-state index in [9.17, 15) is 0 Å². The summed E-state index contributed by atoms with van der Waals surface area (Å²) < 4.78 is 0. The summed E-state index contributed by atoms with van der Waals surface area (Å²) in [5.41, 5.74) is 0. The molecule has 0 bridgehead atoms. The molecule has 0 fully saturated rings. The van der Waals surface area contributed by atoms with Crippen LogP contribution < -0.4 is 0 Å². The van der Waals surface area contributed by atoms with Crippen molar-refractivity contribution in [1.29, 1.82) is 5.41 Å². The number of hydrogen-bond acceptors (Lipinski definition) is 1. The molecule has 0 saturated carbocycles. The van der Waals surface area contributed by atoms with Crippen molar-refractivity contribution in [2.75, 3.05) is 6.54 Å². The maximum absolute atomic E-state index is 7.48. The van der Waals surface area contributed by atoms with Gasteiger partial charge in [-0.05, 0) is 6.42 Å². The Morgan fingerprint density at radius 3 is 3.20 bits per heavy atom. The third-order valence-electron chi connectivity index (χ3n) is 1.51. The molecule has 0 aromatic rings. The summed E-state index contributed by atoms with van der Waals surface area (Å²) >= 11 is 0. The normalized spacial score (nSPS) is 17.6. The van der Waals surface area contributed by atoms with Gasteiger partial charge in [0.2, 0.25) is 0 Å². The molecular weight excluding hydrogens is 124 g/mol. The van der Waals surface area contributed by atoms with E-state index >= 15 is 0 Å². The Labute approximate surface area is 61.4 Å². The Hall–Kier alpha value is -1.05. The van der Waals surface area contributed by atoms with E-state index in [1.54, 1.807) is 0 Å². The van der Waals surface area contributed by atoms with Gasteiger partial charge >= 0.3 is 0 Å². The molecule has 0 saturated heterocycles. The third-order valence-corrected chi connectivity index (χ3v) is 1.51. The number of nitrogens with zero attached hydrogens (tertiary/aromatic N) is 1. The molecule has 2 nitrogen and oxygen atoms in total. The van der Waals surface area contributed by atoms with Crippen LogP contribution in [0.3, 0.4) is 0 Å². The van der Waals surface area contributed by atoms with Crippen molar-refractivity contribution in [2.24, 2.45) is 0 Å². The highest BCUT2D eigenvalue weighted by molar-refractivity contribution is 5.81. The number of amidine groups is 1. The van der Waals surface area contributed by atoms with E-state index in [1.165, 1.54) is 0 Å². The van der Waals surface area contributed by atoms with Crippen molar-refractivity contribution in [2.45, 2.75) is 12.8 Å². The van der Waals surface area contributed by atoms with Gasteiger partial charge < -0.3 is 4.90 Å². The summed E-state index contributed by atoms with van der Waals surface area (Å²) in [4.78, 5) is 1.90. The Balaban J connectivity index is 2.54. The van der Waals surface area contributed by atoms with Gasteiger partial charge in [0.25, 0.3) is 0 Å². The van der Waals surface area contributed by atoms with Gasteiger partial charge in [0.15, 0.2) is 0 Å². The van der Waals surface area contributed by atoms with Crippen molar-refractivity contribution >= 4 is 5.84 Å². The summed E-state index contributed by atoms with van der Waals surface area (Å²) in [7, 11) is 0. The third kappa shape index (κ3) is 1.47. The predicted octanol–water partition coefficient (Wildman–Crippen LogP) is 1.76. The van der Waals surface area contributed by atoms with Gasteiger partial charge in [-0.2, -0.15) is 0 Å². The van der Waals surface area contributed by atoms with E-state index < -0.39 is 0 Å². The van der Waals surface area contributed by atoms with Crippen LogP contribution in [0.2, 0.25) is 0 Å². The number of allylic oxidation sites excluding steroid dienone is 1. The zero-order valence-electron chi connectivity index (χ0n) is 6.01. The Morgan fingerprint density at radius 1 is 1.80 bits per heavy atom. The summed E-state index contributed by atoms with van der Waals surface area (Å²) in [5, 5.41) is 7.48. The second kappa shape index (κ2) is 3.20. The van der Waals surface area contributed by atoms with Gasteiger partial charge in [0.1, 0.15) is 5.84 Å². The van der Waals surface area contributed by atoms with E-state index in [0.717, 1.165) is 19.4 Å². The number of rotatable bonds is 2. The highest BCUT2D eigenvalue weighted by atomic mass is 15.1. The van der Waals surface area contributed by atoms with Gasteiger partial charge in [-0.25, -0.2) is 0 Å². The van der Waals surface area contributed by atoms with Crippen molar-refractivity contribution in [3.63, 3.8) is 0 Å². The average Bonchev–Trinajstić information content (AvgIpc) is 1.94. The van der Waals surface area contributed by atoms with Crippen LogP contribution in [0.15, 0.2) is 24.9 Å². The predicted molar refractivity (Wildman–Crippen MR) is 43.0 cm³/mol. The summed E-state index contributed by atoms with van der Waals surface area (Å²) in [6.07, 6.45) is 7.72. The molecule has 0 unspecified atom stereocenters. The fourth-order valence-electron chi connectivity index (χ4n) is 0.966. The van der Waals surface area contributed by atoms with Crippen LogP contribution >= 0.6 is 0 Å². The minimum atomic E-state index is 0.697. The van der Waals surface area contributed by atoms with Crippen molar-refractivity contribution in [3.05, 3.63) is 24.9 Å². The first kappa shape index (κ1) is 7.06. The van der Waals surface area contributed by atoms with Crippen LogP contribution in [0.25, 0.3) is 0 Å². The van der Waals surface area contributed by atoms with Crippen molar-refractivity contribution < 1.29 is 0 Å². The van der Waals surface area contributed by atoms with Gasteiger partial charge in [0, 0.05) is 19.2 Å². The smallest absolute Gasteiger partial charge is 0.100 e. The molecule has 0 aromatic carbocycles. The van der Waals surface area contributed by atoms with Crippen LogP contribution in [-0.4, -0.2) is 17.3 Å². The standard InChI is InChI=1S/C8H12N2/c1-2-6-10-7-4-3-5-8(10)9/h2,4,7,9H,1,3,5-6H2. The lowest BCUT2D eigenvalue weighted by atomic mass is 10.2. The van der Waals surface area contributed by atoms with Crippen LogP contribution in [0, 0.1) is 5.41 Å². The molecule has 2 heteroatoms. The highest BCUT2D eigenvalue weighted by Crippen LogP contribution is 2.06. The molecule has 0 amide bonds. The fourth-order valence-corrected chi connectivity index (χ4v) is 0.966. The molecule has 0 spiro atoms. The Kier molecular flexibility index (Phi) is 2.26. The van der Waals surface area contributed by atoms with Crippen LogP contribution in [-0.2, 0) is 0 Å². The van der Waals surface area contributed by atoms with Crippen molar-refractivity contribution in [3.8, 4) is 0 Å². The Morgan fingerprint density at radius 2 is 2.60 bits per heavy atom. The first-order chi connectivity index (χ1) is 4.84. The average molecular weight is 136 g/mol. The van der Waals surface area contributed by atoms with E-state index in [2.05, 4.69) is 12.7 Å². The molecular formula is C8H12N2.